The van der Waals surface area contributed by atoms with Crippen LogP contribution in [0.4, 0.5) is 11.4 Å². The van der Waals surface area contributed by atoms with Crippen molar-refractivity contribution in [2.24, 2.45) is 0 Å². The second kappa shape index (κ2) is 7.63. The molecule has 0 amide bonds. The predicted molar refractivity (Wildman–Crippen MR) is 97.4 cm³/mol. The van der Waals surface area contributed by atoms with Crippen LogP contribution in [0, 0.1) is 10.1 Å². The summed E-state index contributed by atoms with van der Waals surface area (Å²) in [5, 5.41) is 12.0. The Morgan fingerprint density at radius 1 is 1.12 bits per heavy atom. The van der Waals surface area contributed by atoms with Gasteiger partial charge in [0.15, 0.2) is 0 Å². The number of nitro groups is 1. The molecule has 7 heteroatoms. The van der Waals surface area contributed by atoms with Gasteiger partial charge < -0.3 is 4.90 Å². The fraction of sp³-hybridized carbons (Fsp3) is 0.278. The molecular weight excluding hydrogens is 342 g/mol. The van der Waals surface area contributed by atoms with E-state index >= 15 is 0 Å². The summed E-state index contributed by atoms with van der Waals surface area (Å²) in [6.45, 7) is 3.81. The van der Waals surface area contributed by atoms with Crippen molar-refractivity contribution in [2.75, 3.05) is 31.1 Å². The normalized spacial score (nSPS) is 15.2. The monoisotopic (exact) mass is 359 g/mol. The number of anilines is 1. The first-order valence-electron chi connectivity index (χ1n) is 8.02. The summed E-state index contributed by atoms with van der Waals surface area (Å²) in [6.07, 6.45) is 0.625. The molecule has 2 aromatic rings. The van der Waals surface area contributed by atoms with Crippen molar-refractivity contribution in [3.05, 3.63) is 68.7 Å². The van der Waals surface area contributed by atoms with Gasteiger partial charge in [-0.15, -0.1) is 0 Å². The molecular formula is C18H18ClN3O3. The van der Waals surface area contributed by atoms with Gasteiger partial charge in [-0.1, -0.05) is 23.7 Å². The molecule has 0 spiro atoms. The van der Waals surface area contributed by atoms with Gasteiger partial charge in [0, 0.05) is 49.4 Å². The highest BCUT2D eigenvalue weighted by Crippen LogP contribution is 2.30. The Kier molecular flexibility index (Phi) is 5.31. The minimum absolute atomic E-state index is 0.0205. The van der Waals surface area contributed by atoms with E-state index in [1.165, 1.54) is 6.07 Å². The Bertz CT molecular complexity index is 789. The van der Waals surface area contributed by atoms with Crippen LogP contribution in [0.15, 0.2) is 42.5 Å². The van der Waals surface area contributed by atoms with Crippen LogP contribution < -0.4 is 4.90 Å². The van der Waals surface area contributed by atoms with Gasteiger partial charge >= 0.3 is 0 Å². The van der Waals surface area contributed by atoms with Crippen molar-refractivity contribution >= 4 is 29.3 Å². The zero-order chi connectivity index (χ0) is 17.8. The number of aldehydes is 1. The number of nitrogens with zero attached hydrogens (tertiary/aromatic N) is 3. The van der Waals surface area contributed by atoms with Crippen LogP contribution in [0.3, 0.4) is 0 Å². The molecule has 0 unspecified atom stereocenters. The van der Waals surface area contributed by atoms with E-state index in [1.54, 1.807) is 12.1 Å². The summed E-state index contributed by atoms with van der Waals surface area (Å²) in [5.41, 5.74) is 2.02. The van der Waals surface area contributed by atoms with E-state index in [1.807, 2.05) is 29.2 Å². The summed E-state index contributed by atoms with van der Waals surface area (Å²) >= 11 is 6.02. The first kappa shape index (κ1) is 17.4. The van der Waals surface area contributed by atoms with Crippen molar-refractivity contribution in [2.45, 2.75) is 6.54 Å². The zero-order valence-electron chi connectivity index (χ0n) is 13.6. The largest absolute Gasteiger partial charge is 0.363 e. The maximum absolute atomic E-state index is 11.3. The lowest BCUT2D eigenvalue weighted by molar-refractivity contribution is -0.384. The van der Waals surface area contributed by atoms with Crippen molar-refractivity contribution in [1.82, 2.24) is 4.90 Å². The number of rotatable bonds is 5. The molecule has 1 fully saturated rings. The van der Waals surface area contributed by atoms with Gasteiger partial charge in [0.25, 0.3) is 5.69 Å². The minimum Gasteiger partial charge on any atom is -0.363 e. The topological polar surface area (TPSA) is 66.7 Å². The van der Waals surface area contributed by atoms with Crippen LogP contribution in [-0.2, 0) is 6.54 Å². The van der Waals surface area contributed by atoms with E-state index in [0.717, 1.165) is 30.2 Å². The molecule has 130 valence electrons. The Labute approximate surface area is 150 Å². The quantitative estimate of drug-likeness (QED) is 0.465. The molecule has 0 saturated carbocycles. The van der Waals surface area contributed by atoms with E-state index in [4.69, 9.17) is 11.6 Å². The number of carbonyl (C=O) groups is 1. The third-order valence-corrected chi connectivity index (χ3v) is 4.58. The molecule has 1 aliphatic heterocycles. The highest BCUT2D eigenvalue weighted by Gasteiger charge is 2.24. The van der Waals surface area contributed by atoms with Gasteiger partial charge in [-0.2, -0.15) is 0 Å². The van der Waals surface area contributed by atoms with Crippen LogP contribution >= 0.6 is 11.6 Å². The lowest BCUT2D eigenvalue weighted by Crippen LogP contribution is -2.46. The maximum atomic E-state index is 11.3. The number of hydrogen-bond donors (Lipinski definition) is 0. The summed E-state index contributed by atoms with van der Waals surface area (Å²) in [4.78, 5) is 26.0. The Morgan fingerprint density at radius 3 is 2.52 bits per heavy atom. The molecule has 0 N–H and O–H groups in total. The van der Waals surface area contributed by atoms with Gasteiger partial charge in [0.2, 0.25) is 0 Å². The predicted octanol–water partition coefficient (Wildman–Crippen LogP) is 3.38. The van der Waals surface area contributed by atoms with E-state index in [-0.39, 0.29) is 5.69 Å². The summed E-state index contributed by atoms with van der Waals surface area (Å²) < 4.78 is 0. The first-order valence-corrected chi connectivity index (χ1v) is 8.40. The Hall–Kier alpha value is -2.44. The van der Waals surface area contributed by atoms with Crippen molar-refractivity contribution in [3.63, 3.8) is 0 Å². The molecule has 0 aliphatic carbocycles. The van der Waals surface area contributed by atoms with Gasteiger partial charge in [0.05, 0.1) is 4.92 Å². The maximum Gasteiger partial charge on any atom is 0.293 e. The molecule has 0 bridgehead atoms. The molecule has 1 saturated heterocycles. The number of benzene rings is 2. The van der Waals surface area contributed by atoms with Crippen molar-refractivity contribution in [3.8, 4) is 0 Å². The highest BCUT2D eigenvalue weighted by molar-refractivity contribution is 6.30. The van der Waals surface area contributed by atoms with E-state index in [0.29, 0.717) is 30.6 Å². The first-order chi connectivity index (χ1) is 12.1. The lowest BCUT2D eigenvalue weighted by Gasteiger charge is -2.35. The van der Waals surface area contributed by atoms with E-state index in [2.05, 4.69) is 4.90 Å². The van der Waals surface area contributed by atoms with Crippen LogP contribution in [0.1, 0.15) is 15.9 Å². The fourth-order valence-corrected chi connectivity index (χ4v) is 3.28. The van der Waals surface area contributed by atoms with E-state index in [9.17, 15) is 14.9 Å². The van der Waals surface area contributed by atoms with Crippen LogP contribution in [0.25, 0.3) is 0 Å². The molecule has 1 heterocycles. The van der Waals surface area contributed by atoms with Crippen molar-refractivity contribution < 1.29 is 9.72 Å². The third kappa shape index (κ3) is 4.15. The fourth-order valence-electron chi connectivity index (χ4n) is 3.07. The van der Waals surface area contributed by atoms with Gasteiger partial charge in [-0.05, 0) is 29.8 Å². The number of nitro benzene ring substituents is 1. The smallest absolute Gasteiger partial charge is 0.293 e. The van der Waals surface area contributed by atoms with Crippen LogP contribution in [0.2, 0.25) is 5.02 Å². The molecule has 1 aliphatic rings. The molecule has 25 heavy (non-hydrogen) atoms. The zero-order valence-corrected chi connectivity index (χ0v) is 14.4. The molecule has 2 aromatic carbocycles. The standard InChI is InChI=1S/C18H18ClN3O3/c19-16-3-1-2-14(10-16)12-20-6-8-21(9-7-20)17-5-4-15(13-23)11-18(17)22(24)25/h1-5,10-11,13H,6-9,12H2. The summed E-state index contributed by atoms with van der Waals surface area (Å²) in [6, 6.07) is 12.4. The van der Waals surface area contributed by atoms with Gasteiger partial charge in [0.1, 0.15) is 12.0 Å². The summed E-state index contributed by atoms with van der Waals surface area (Å²) in [7, 11) is 0. The SMILES string of the molecule is O=Cc1ccc(N2CCN(Cc3cccc(Cl)c3)CC2)c([N+](=O)[O-])c1. The third-order valence-electron chi connectivity index (χ3n) is 4.34. The van der Waals surface area contributed by atoms with Crippen LogP contribution in [-0.4, -0.2) is 42.3 Å². The highest BCUT2D eigenvalue weighted by atomic mass is 35.5. The minimum atomic E-state index is -0.430. The molecule has 0 atom stereocenters. The Morgan fingerprint density at radius 2 is 1.88 bits per heavy atom. The average molecular weight is 360 g/mol. The second-order valence-electron chi connectivity index (χ2n) is 6.02. The lowest BCUT2D eigenvalue weighted by atomic mass is 10.1. The Balaban J connectivity index is 1.68. The second-order valence-corrected chi connectivity index (χ2v) is 6.45. The average Bonchev–Trinajstić information content (AvgIpc) is 2.62. The number of hydrogen-bond acceptors (Lipinski definition) is 5. The number of carbonyl (C=O) groups excluding carboxylic acids is 1. The van der Waals surface area contributed by atoms with Crippen LogP contribution in [0.5, 0.6) is 0 Å². The molecule has 0 aromatic heterocycles. The molecule has 3 rings (SSSR count). The molecule has 0 radical (unpaired) electrons. The van der Waals surface area contributed by atoms with Crippen molar-refractivity contribution in [1.29, 1.82) is 0 Å². The van der Waals surface area contributed by atoms with Gasteiger partial charge in [-0.3, -0.25) is 19.8 Å². The number of halogens is 1. The summed E-state index contributed by atoms with van der Waals surface area (Å²) in [5.74, 6) is 0. The molecule has 6 nitrogen and oxygen atoms in total. The number of piperazine rings is 1. The van der Waals surface area contributed by atoms with E-state index < -0.39 is 4.92 Å². The van der Waals surface area contributed by atoms with Gasteiger partial charge in [-0.25, -0.2) is 0 Å².